The highest BCUT2D eigenvalue weighted by molar-refractivity contribution is 5.97. The molecule has 0 bridgehead atoms. The minimum absolute atomic E-state index is 0.177. The minimum Gasteiger partial charge on any atom is -0.374 e. The number of carbonyl (C=O) groups is 1. The lowest BCUT2D eigenvalue weighted by Gasteiger charge is -2.10. The summed E-state index contributed by atoms with van der Waals surface area (Å²) in [4.78, 5) is 16.7. The highest BCUT2D eigenvalue weighted by Crippen LogP contribution is 2.24. The fraction of sp³-hybridized carbons (Fsp3) is 0.381. The number of aromatic nitrogens is 2. The SMILES string of the molecule is CC(C)OCc1cccc(CNC(=O)c2cnc3onc(C(C)C)c3c2)c1. The van der Waals surface area contributed by atoms with Gasteiger partial charge >= 0.3 is 0 Å². The molecule has 27 heavy (non-hydrogen) atoms. The van der Waals surface area contributed by atoms with Crippen LogP contribution in [-0.2, 0) is 17.9 Å². The van der Waals surface area contributed by atoms with Gasteiger partial charge < -0.3 is 14.6 Å². The lowest BCUT2D eigenvalue weighted by atomic mass is 10.1. The van der Waals surface area contributed by atoms with Crippen LogP contribution in [0.5, 0.6) is 0 Å². The van der Waals surface area contributed by atoms with E-state index in [4.69, 9.17) is 9.26 Å². The number of hydrogen-bond acceptors (Lipinski definition) is 5. The van der Waals surface area contributed by atoms with E-state index in [2.05, 4.69) is 15.5 Å². The summed E-state index contributed by atoms with van der Waals surface area (Å²) in [6.45, 7) is 9.07. The Balaban J connectivity index is 1.68. The van der Waals surface area contributed by atoms with Crippen molar-refractivity contribution < 1.29 is 14.1 Å². The van der Waals surface area contributed by atoms with Crippen LogP contribution in [0.2, 0.25) is 0 Å². The van der Waals surface area contributed by atoms with E-state index in [9.17, 15) is 4.79 Å². The van der Waals surface area contributed by atoms with Crippen molar-refractivity contribution in [3.05, 3.63) is 58.9 Å². The second-order valence-electron chi connectivity index (χ2n) is 7.16. The van der Waals surface area contributed by atoms with Crippen molar-refractivity contribution in [1.82, 2.24) is 15.5 Å². The van der Waals surface area contributed by atoms with Gasteiger partial charge in [-0.2, -0.15) is 0 Å². The molecule has 1 aromatic carbocycles. The van der Waals surface area contributed by atoms with Crippen LogP contribution in [0.1, 0.15) is 60.8 Å². The Morgan fingerprint density at radius 2 is 1.96 bits per heavy atom. The summed E-state index contributed by atoms with van der Waals surface area (Å²) in [6, 6.07) is 9.81. The van der Waals surface area contributed by atoms with Crippen LogP contribution in [0.25, 0.3) is 11.1 Å². The lowest BCUT2D eigenvalue weighted by Crippen LogP contribution is -2.23. The van der Waals surface area contributed by atoms with Crippen molar-refractivity contribution in [2.75, 3.05) is 0 Å². The molecule has 0 unspecified atom stereocenters. The molecule has 2 heterocycles. The van der Waals surface area contributed by atoms with Gasteiger partial charge in [0.25, 0.3) is 11.6 Å². The monoisotopic (exact) mass is 367 g/mol. The average Bonchev–Trinajstić information content (AvgIpc) is 3.08. The zero-order valence-electron chi connectivity index (χ0n) is 16.2. The first-order valence-corrected chi connectivity index (χ1v) is 9.17. The third-order valence-electron chi connectivity index (χ3n) is 4.19. The molecule has 3 aromatic rings. The topological polar surface area (TPSA) is 77.2 Å². The summed E-state index contributed by atoms with van der Waals surface area (Å²) in [7, 11) is 0. The molecule has 0 atom stereocenters. The molecule has 142 valence electrons. The van der Waals surface area contributed by atoms with Gasteiger partial charge in [0.05, 0.1) is 29.4 Å². The van der Waals surface area contributed by atoms with Crippen molar-refractivity contribution in [2.24, 2.45) is 0 Å². The quantitative estimate of drug-likeness (QED) is 0.677. The molecular formula is C21H25N3O3. The fourth-order valence-corrected chi connectivity index (χ4v) is 2.77. The van der Waals surface area contributed by atoms with E-state index in [0.717, 1.165) is 22.2 Å². The Labute approximate surface area is 158 Å². The van der Waals surface area contributed by atoms with Crippen molar-refractivity contribution in [1.29, 1.82) is 0 Å². The molecule has 0 aliphatic rings. The van der Waals surface area contributed by atoms with E-state index in [0.29, 0.717) is 24.4 Å². The average molecular weight is 367 g/mol. The van der Waals surface area contributed by atoms with E-state index in [1.54, 1.807) is 6.07 Å². The molecule has 0 aliphatic heterocycles. The van der Waals surface area contributed by atoms with Gasteiger partial charge in [0, 0.05) is 12.7 Å². The zero-order valence-corrected chi connectivity index (χ0v) is 16.2. The van der Waals surface area contributed by atoms with E-state index in [-0.39, 0.29) is 17.9 Å². The van der Waals surface area contributed by atoms with Crippen LogP contribution in [0.15, 0.2) is 41.1 Å². The van der Waals surface area contributed by atoms with E-state index >= 15 is 0 Å². The van der Waals surface area contributed by atoms with Gasteiger partial charge in [-0.1, -0.05) is 43.3 Å². The maximum Gasteiger partial charge on any atom is 0.257 e. The Bertz CT molecular complexity index is 931. The Morgan fingerprint density at radius 1 is 1.19 bits per heavy atom. The first-order valence-electron chi connectivity index (χ1n) is 9.17. The molecule has 0 saturated carbocycles. The Kier molecular flexibility index (Phi) is 5.86. The van der Waals surface area contributed by atoms with Gasteiger partial charge in [-0.05, 0) is 37.0 Å². The summed E-state index contributed by atoms with van der Waals surface area (Å²) in [5, 5.41) is 7.77. The molecule has 0 fully saturated rings. The predicted molar refractivity (Wildman–Crippen MR) is 103 cm³/mol. The largest absolute Gasteiger partial charge is 0.374 e. The lowest BCUT2D eigenvalue weighted by molar-refractivity contribution is 0.0657. The molecule has 0 aliphatic carbocycles. The van der Waals surface area contributed by atoms with Gasteiger partial charge in [0.1, 0.15) is 0 Å². The van der Waals surface area contributed by atoms with Crippen LogP contribution in [0, 0.1) is 0 Å². The van der Waals surface area contributed by atoms with Crippen molar-refractivity contribution in [2.45, 2.75) is 52.9 Å². The highest BCUT2D eigenvalue weighted by atomic mass is 16.5. The van der Waals surface area contributed by atoms with Crippen LogP contribution in [0.4, 0.5) is 0 Å². The number of fused-ring (bicyclic) bond motifs is 1. The molecule has 0 saturated heterocycles. The minimum atomic E-state index is -0.177. The summed E-state index contributed by atoms with van der Waals surface area (Å²) in [6.07, 6.45) is 1.70. The second-order valence-corrected chi connectivity index (χ2v) is 7.16. The van der Waals surface area contributed by atoms with E-state index in [1.165, 1.54) is 6.20 Å². The third-order valence-corrected chi connectivity index (χ3v) is 4.19. The maximum absolute atomic E-state index is 12.5. The molecule has 2 aromatic heterocycles. The number of nitrogens with zero attached hydrogens (tertiary/aromatic N) is 2. The molecule has 0 spiro atoms. The molecule has 6 nitrogen and oxygen atoms in total. The smallest absolute Gasteiger partial charge is 0.257 e. The molecule has 6 heteroatoms. The van der Waals surface area contributed by atoms with Crippen LogP contribution >= 0.6 is 0 Å². The van der Waals surface area contributed by atoms with Crippen molar-refractivity contribution in [3.63, 3.8) is 0 Å². The first kappa shape index (κ1) is 19.0. The van der Waals surface area contributed by atoms with Crippen molar-refractivity contribution in [3.8, 4) is 0 Å². The van der Waals surface area contributed by atoms with Gasteiger partial charge in [-0.15, -0.1) is 0 Å². The van der Waals surface area contributed by atoms with Gasteiger partial charge in [-0.3, -0.25) is 4.79 Å². The van der Waals surface area contributed by atoms with Gasteiger partial charge in [0.15, 0.2) is 0 Å². The van der Waals surface area contributed by atoms with Gasteiger partial charge in [-0.25, -0.2) is 4.98 Å². The second kappa shape index (κ2) is 8.31. The number of ether oxygens (including phenoxy) is 1. The maximum atomic E-state index is 12.5. The van der Waals surface area contributed by atoms with Crippen molar-refractivity contribution >= 4 is 17.0 Å². The number of pyridine rings is 1. The standard InChI is InChI=1S/C21H25N3O3/c1-13(2)19-18-9-17(11-23-21(18)27-24-19)20(25)22-10-15-6-5-7-16(8-15)12-26-14(3)4/h5-9,11,13-14H,10,12H2,1-4H3,(H,22,25). The number of amides is 1. The Morgan fingerprint density at radius 3 is 2.70 bits per heavy atom. The van der Waals surface area contributed by atoms with Crippen LogP contribution in [0.3, 0.4) is 0 Å². The predicted octanol–water partition coefficient (Wildman–Crippen LogP) is 4.20. The summed E-state index contributed by atoms with van der Waals surface area (Å²) in [5.74, 6) is 0.0197. The molecule has 1 N–H and O–H groups in total. The number of rotatable bonds is 7. The number of benzene rings is 1. The molecule has 3 rings (SSSR count). The number of hydrogen-bond donors (Lipinski definition) is 1. The Hall–Kier alpha value is -2.73. The number of nitrogens with one attached hydrogen (secondary N) is 1. The van der Waals surface area contributed by atoms with Crippen LogP contribution in [-0.4, -0.2) is 22.2 Å². The summed E-state index contributed by atoms with van der Waals surface area (Å²) in [5.41, 5.74) is 3.87. The first-order chi connectivity index (χ1) is 12.9. The number of carbonyl (C=O) groups excluding carboxylic acids is 1. The van der Waals surface area contributed by atoms with E-state index in [1.807, 2.05) is 52.0 Å². The molecule has 1 amide bonds. The van der Waals surface area contributed by atoms with Crippen LogP contribution < -0.4 is 5.32 Å². The summed E-state index contributed by atoms with van der Waals surface area (Å²) < 4.78 is 10.9. The molecule has 0 radical (unpaired) electrons. The third kappa shape index (κ3) is 4.71. The van der Waals surface area contributed by atoms with E-state index < -0.39 is 0 Å². The normalized spacial score (nSPS) is 11.5. The molecular weight excluding hydrogens is 342 g/mol. The fourth-order valence-electron chi connectivity index (χ4n) is 2.77. The van der Waals surface area contributed by atoms with Gasteiger partial charge in [0.2, 0.25) is 0 Å². The summed E-state index contributed by atoms with van der Waals surface area (Å²) >= 11 is 0. The zero-order chi connectivity index (χ0) is 19.4. The highest BCUT2D eigenvalue weighted by Gasteiger charge is 2.15.